The van der Waals surface area contributed by atoms with Gasteiger partial charge in [0.05, 0.1) is 0 Å². The minimum atomic E-state index is -4.24. The van der Waals surface area contributed by atoms with E-state index in [1.807, 2.05) is 0 Å². The standard InChI is InChI=1S/C20H20F3N5O3S/c1-28-16(5-9-26-28)14-11-20(22,23)7-4-17(14)31-13-2-3-18(15(21)10-13)32(29,30)27-19-6-8-24-12-25-19/h2-3,5-6,8-10,12,14,17H,4,7,11H2,1H3,(H,24,25,27). The third kappa shape index (κ3) is 4.69. The van der Waals surface area contributed by atoms with Crippen LogP contribution in [0.5, 0.6) is 5.75 Å². The third-order valence-electron chi connectivity index (χ3n) is 5.30. The number of hydrogen-bond acceptors (Lipinski definition) is 6. The van der Waals surface area contributed by atoms with Gasteiger partial charge in [-0.3, -0.25) is 9.40 Å². The van der Waals surface area contributed by atoms with Gasteiger partial charge in [0.25, 0.3) is 10.0 Å². The van der Waals surface area contributed by atoms with Gasteiger partial charge in [0, 0.05) is 50.0 Å². The molecule has 4 rings (SSSR count). The minimum Gasteiger partial charge on any atom is -0.490 e. The molecule has 1 fully saturated rings. The van der Waals surface area contributed by atoms with Gasteiger partial charge >= 0.3 is 0 Å². The number of halogens is 3. The molecule has 8 nitrogen and oxygen atoms in total. The molecule has 1 aliphatic rings. The van der Waals surface area contributed by atoms with Gasteiger partial charge in [0.2, 0.25) is 5.92 Å². The number of rotatable bonds is 6. The summed E-state index contributed by atoms with van der Waals surface area (Å²) in [5, 5.41) is 4.04. The van der Waals surface area contributed by atoms with Crippen molar-refractivity contribution in [1.82, 2.24) is 19.7 Å². The van der Waals surface area contributed by atoms with Crippen molar-refractivity contribution in [2.45, 2.75) is 42.1 Å². The molecule has 12 heteroatoms. The maximum atomic E-state index is 14.7. The molecule has 2 heterocycles. The Morgan fingerprint density at radius 1 is 1.22 bits per heavy atom. The average Bonchev–Trinajstić information content (AvgIpc) is 3.15. The van der Waals surface area contributed by atoms with Crippen LogP contribution in [0, 0.1) is 5.82 Å². The molecular weight excluding hydrogens is 447 g/mol. The molecule has 0 spiro atoms. The van der Waals surface area contributed by atoms with E-state index in [9.17, 15) is 21.6 Å². The van der Waals surface area contributed by atoms with E-state index in [0.717, 1.165) is 18.5 Å². The van der Waals surface area contributed by atoms with Crippen LogP contribution in [0.4, 0.5) is 19.0 Å². The summed E-state index contributed by atoms with van der Waals surface area (Å²) in [5.41, 5.74) is 0.586. The zero-order chi connectivity index (χ0) is 22.9. The first-order chi connectivity index (χ1) is 15.1. The molecule has 1 aliphatic carbocycles. The van der Waals surface area contributed by atoms with E-state index >= 15 is 0 Å². The SMILES string of the molecule is Cn1nccc1C1CC(F)(F)CCC1Oc1ccc(S(=O)(=O)Nc2ccncn2)c(F)c1. The Morgan fingerprint density at radius 2 is 2.03 bits per heavy atom. The van der Waals surface area contributed by atoms with Gasteiger partial charge in [0.1, 0.15) is 34.7 Å². The first kappa shape index (κ1) is 22.1. The van der Waals surface area contributed by atoms with Gasteiger partial charge in [-0.2, -0.15) is 5.10 Å². The van der Waals surface area contributed by atoms with E-state index in [1.165, 1.54) is 29.2 Å². The molecule has 32 heavy (non-hydrogen) atoms. The number of alkyl halides is 2. The van der Waals surface area contributed by atoms with Crippen LogP contribution in [0.3, 0.4) is 0 Å². The monoisotopic (exact) mass is 467 g/mol. The summed E-state index contributed by atoms with van der Waals surface area (Å²) in [6, 6.07) is 6.26. The van der Waals surface area contributed by atoms with Crippen molar-refractivity contribution in [3.63, 3.8) is 0 Å². The van der Waals surface area contributed by atoms with Crippen LogP contribution in [-0.2, 0) is 17.1 Å². The van der Waals surface area contributed by atoms with Crippen molar-refractivity contribution in [3.8, 4) is 5.75 Å². The molecule has 170 valence electrons. The van der Waals surface area contributed by atoms with Crippen molar-refractivity contribution in [2.24, 2.45) is 7.05 Å². The molecular formula is C20H20F3N5O3S. The van der Waals surface area contributed by atoms with Crippen molar-refractivity contribution in [1.29, 1.82) is 0 Å². The summed E-state index contributed by atoms with van der Waals surface area (Å²) in [7, 11) is -2.59. The molecule has 1 aromatic carbocycles. The maximum absolute atomic E-state index is 14.7. The van der Waals surface area contributed by atoms with Crippen molar-refractivity contribution in [3.05, 3.63) is 60.6 Å². The maximum Gasteiger partial charge on any atom is 0.265 e. The Kier molecular flexibility index (Phi) is 5.80. The second kappa shape index (κ2) is 8.41. The third-order valence-corrected chi connectivity index (χ3v) is 6.69. The molecule has 3 aromatic rings. The second-order valence-corrected chi connectivity index (χ2v) is 9.18. The fourth-order valence-corrected chi connectivity index (χ4v) is 4.85. The molecule has 0 amide bonds. The van der Waals surface area contributed by atoms with Gasteiger partial charge in [-0.15, -0.1) is 0 Å². The summed E-state index contributed by atoms with van der Waals surface area (Å²) in [5.74, 6) is -4.50. The topological polar surface area (TPSA) is 99.0 Å². The van der Waals surface area contributed by atoms with Crippen molar-refractivity contribution in [2.75, 3.05) is 4.72 Å². The van der Waals surface area contributed by atoms with E-state index in [2.05, 4.69) is 19.8 Å². The fourth-order valence-electron chi connectivity index (χ4n) is 3.79. The number of aromatic nitrogens is 4. The largest absolute Gasteiger partial charge is 0.490 e. The van der Waals surface area contributed by atoms with E-state index in [4.69, 9.17) is 4.74 Å². The normalized spacial score (nSPS) is 20.6. The fraction of sp³-hybridized carbons (Fsp3) is 0.350. The highest BCUT2D eigenvalue weighted by atomic mass is 32.2. The highest BCUT2D eigenvalue weighted by molar-refractivity contribution is 7.92. The number of anilines is 1. The summed E-state index contributed by atoms with van der Waals surface area (Å²) < 4.78 is 77.4. The van der Waals surface area contributed by atoms with Gasteiger partial charge in [0.15, 0.2) is 0 Å². The first-order valence-corrected chi connectivity index (χ1v) is 11.2. The van der Waals surface area contributed by atoms with Crippen molar-refractivity contribution >= 4 is 15.8 Å². The summed E-state index contributed by atoms with van der Waals surface area (Å²) in [6.45, 7) is 0. The summed E-state index contributed by atoms with van der Waals surface area (Å²) in [6.07, 6.45) is 2.63. The number of hydrogen-bond donors (Lipinski definition) is 1. The van der Waals surface area contributed by atoms with Crippen LogP contribution >= 0.6 is 0 Å². The number of nitrogens with zero attached hydrogens (tertiary/aromatic N) is 4. The van der Waals surface area contributed by atoms with Crippen LogP contribution in [0.15, 0.2) is 53.9 Å². The quantitative estimate of drug-likeness (QED) is 0.596. The number of ether oxygens (including phenoxy) is 1. The molecule has 0 bridgehead atoms. The lowest BCUT2D eigenvalue weighted by atomic mass is 9.81. The Balaban J connectivity index is 1.55. The smallest absolute Gasteiger partial charge is 0.265 e. The molecule has 2 unspecified atom stereocenters. The molecule has 0 saturated heterocycles. The zero-order valence-electron chi connectivity index (χ0n) is 17.0. The number of aryl methyl sites for hydroxylation is 1. The molecule has 1 N–H and O–H groups in total. The predicted molar refractivity (Wildman–Crippen MR) is 108 cm³/mol. The van der Waals surface area contributed by atoms with Crippen LogP contribution in [0.25, 0.3) is 0 Å². The lowest BCUT2D eigenvalue weighted by molar-refractivity contribution is -0.0698. The number of nitrogens with one attached hydrogen (secondary N) is 1. The van der Waals surface area contributed by atoms with Gasteiger partial charge in [-0.25, -0.2) is 31.6 Å². The zero-order valence-corrected chi connectivity index (χ0v) is 17.8. The second-order valence-electron chi connectivity index (χ2n) is 7.53. The van der Waals surface area contributed by atoms with Crippen LogP contribution in [0.2, 0.25) is 0 Å². The van der Waals surface area contributed by atoms with Crippen LogP contribution < -0.4 is 9.46 Å². The Hall–Kier alpha value is -3.15. The van der Waals surface area contributed by atoms with Gasteiger partial charge in [-0.1, -0.05) is 0 Å². The van der Waals surface area contributed by atoms with E-state index in [0.29, 0.717) is 5.69 Å². The molecule has 0 aliphatic heterocycles. The molecule has 2 atom stereocenters. The molecule has 0 radical (unpaired) electrons. The van der Waals surface area contributed by atoms with E-state index < -0.39 is 45.1 Å². The molecule has 2 aromatic heterocycles. The highest BCUT2D eigenvalue weighted by Crippen LogP contribution is 2.43. The van der Waals surface area contributed by atoms with Crippen LogP contribution in [0.1, 0.15) is 30.9 Å². The Bertz CT molecular complexity index is 1200. The predicted octanol–water partition coefficient (Wildman–Crippen LogP) is 3.50. The highest BCUT2D eigenvalue weighted by Gasteiger charge is 2.44. The van der Waals surface area contributed by atoms with Crippen molar-refractivity contribution < 1.29 is 26.3 Å². The van der Waals surface area contributed by atoms with E-state index in [-0.39, 0.29) is 24.4 Å². The first-order valence-electron chi connectivity index (χ1n) is 9.75. The number of sulfonamides is 1. The lowest BCUT2D eigenvalue weighted by Gasteiger charge is -2.36. The summed E-state index contributed by atoms with van der Waals surface area (Å²) >= 11 is 0. The van der Waals surface area contributed by atoms with Gasteiger partial charge < -0.3 is 4.74 Å². The van der Waals surface area contributed by atoms with Crippen LogP contribution in [-0.4, -0.2) is 40.2 Å². The average molecular weight is 467 g/mol. The minimum absolute atomic E-state index is 0.0121. The lowest BCUT2D eigenvalue weighted by Crippen LogP contribution is -2.38. The summed E-state index contributed by atoms with van der Waals surface area (Å²) in [4.78, 5) is 6.84. The molecule has 1 saturated carbocycles. The Morgan fingerprint density at radius 3 is 2.69 bits per heavy atom. The van der Waals surface area contributed by atoms with Gasteiger partial charge in [-0.05, 0) is 30.7 Å². The van der Waals surface area contributed by atoms with E-state index in [1.54, 1.807) is 13.1 Å². The Labute approximate surface area is 182 Å². The number of benzene rings is 1.